The van der Waals surface area contributed by atoms with Gasteiger partial charge in [-0.05, 0) is 36.6 Å². The Morgan fingerprint density at radius 2 is 2.07 bits per heavy atom. The van der Waals surface area contributed by atoms with Crippen LogP contribution in [0.2, 0.25) is 5.02 Å². The Morgan fingerprint density at radius 3 is 2.73 bits per heavy atom. The second-order valence-electron chi connectivity index (χ2n) is 3.93. The molecule has 0 bridgehead atoms. The minimum atomic E-state index is 0.0790. The molecule has 1 aliphatic rings. The number of rotatable bonds is 3. The van der Waals surface area contributed by atoms with Crippen molar-refractivity contribution in [3.63, 3.8) is 0 Å². The van der Waals surface area contributed by atoms with E-state index in [0.29, 0.717) is 5.02 Å². The lowest BCUT2D eigenvalue weighted by atomic mass is 10.2. The van der Waals surface area contributed by atoms with Gasteiger partial charge in [0, 0.05) is 15.2 Å². The molecule has 0 atom stereocenters. The molecule has 0 unspecified atom stereocenters. The average Bonchev–Trinajstić information content (AvgIpc) is 2.73. The Kier molecular flexibility index (Phi) is 3.95. The summed E-state index contributed by atoms with van der Waals surface area (Å²) >= 11 is 7.78. The molecule has 0 saturated heterocycles. The van der Waals surface area contributed by atoms with Crippen molar-refractivity contribution in [2.75, 3.05) is 0 Å². The maximum absolute atomic E-state index is 9.24. The van der Waals surface area contributed by atoms with Crippen molar-refractivity contribution in [3.8, 4) is 0 Å². The number of hydrogen-bond acceptors (Lipinski definition) is 2. The number of aliphatic hydroxyl groups excluding tert-OH is 1. The lowest BCUT2D eigenvalue weighted by Gasteiger charge is -2.12. The SMILES string of the molecule is OCc1cc(Cl)ccc1SC1CCCC1. The van der Waals surface area contributed by atoms with Crippen LogP contribution < -0.4 is 0 Å². The van der Waals surface area contributed by atoms with Gasteiger partial charge >= 0.3 is 0 Å². The predicted octanol–water partition coefficient (Wildman–Crippen LogP) is 3.87. The third kappa shape index (κ3) is 2.90. The number of thioether (sulfide) groups is 1. The first-order valence-corrected chi connectivity index (χ1v) is 6.61. The summed E-state index contributed by atoms with van der Waals surface area (Å²) < 4.78 is 0. The fourth-order valence-electron chi connectivity index (χ4n) is 1.97. The summed E-state index contributed by atoms with van der Waals surface area (Å²) in [5, 5.41) is 10.7. The fraction of sp³-hybridized carbons (Fsp3) is 0.500. The van der Waals surface area contributed by atoms with E-state index in [0.717, 1.165) is 10.8 Å². The first kappa shape index (κ1) is 11.3. The van der Waals surface area contributed by atoms with Crippen molar-refractivity contribution in [2.45, 2.75) is 42.4 Å². The summed E-state index contributed by atoms with van der Waals surface area (Å²) in [4.78, 5) is 1.19. The van der Waals surface area contributed by atoms with E-state index in [1.54, 1.807) is 0 Å². The van der Waals surface area contributed by atoms with Crippen LogP contribution in [0.25, 0.3) is 0 Å². The van der Waals surface area contributed by atoms with Crippen LogP contribution in [0.5, 0.6) is 0 Å². The Hall–Kier alpha value is -0.180. The topological polar surface area (TPSA) is 20.2 Å². The molecule has 0 aliphatic heterocycles. The van der Waals surface area contributed by atoms with Gasteiger partial charge in [0.1, 0.15) is 0 Å². The second-order valence-corrected chi connectivity index (χ2v) is 5.71. The summed E-state index contributed by atoms with van der Waals surface area (Å²) in [7, 11) is 0. The van der Waals surface area contributed by atoms with Crippen LogP contribution in [0.15, 0.2) is 23.1 Å². The zero-order chi connectivity index (χ0) is 10.7. The molecule has 0 spiro atoms. The van der Waals surface area contributed by atoms with Crippen LogP contribution in [0, 0.1) is 0 Å². The highest BCUT2D eigenvalue weighted by atomic mass is 35.5. The summed E-state index contributed by atoms with van der Waals surface area (Å²) in [5.74, 6) is 0. The van der Waals surface area contributed by atoms with Gasteiger partial charge in [0.2, 0.25) is 0 Å². The molecular formula is C12H15ClOS. The highest BCUT2D eigenvalue weighted by Crippen LogP contribution is 2.36. The molecule has 1 saturated carbocycles. The summed E-state index contributed by atoms with van der Waals surface area (Å²) in [6.45, 7) is 0.0790. The fourth-order valence-corrected chi connectivity index (χ4v) is 3.52. The number of halogens is 1. The van der Waals surface area contributed by atoms with Gasteiger partial charge in [-0.15, -0.1) is 11.8 Å². The Balaban J connectivity index is 2.12. The molecular weight excluding hydrogens is 228 g/mol. The Bertz CT molecular complexity index is 334. The molecule has 0 heterocycles. The van der Waals surface area contributed by atoms with Gasteiger partial charge in [0.25, 0.3) is 0 Å². The van der Waals surface area contributed by atoms with Crippen molar-refractivity contribution in [2.24, 2.45) is 0 Å². The van der Waals surface area contributed by atoms with Crippen LogP contribution in [-0.4, -0.2) is 10.4 Å². The van der Waals surface area contributed by atoms with Crippen molar-refractivity contribution in [1.82, 2.24) is 0 Å². The molecule has 2 rings (SSSR count). The van der Waals surface area contributed by atoms with E-state index >= 15 is 0 Å². The van der Waals surface area contributed by atoms with Gasteiger partial charge in [0.15, 0.2) is 0 Å². The maximum Gasteiger partial charge on any atom is 0.0693 e. The maximum atomic E-state index is 9.24. The van der Waals surface area contributed by atoms with E-state index < -0.39 is 0 Å². The van der Waals surface area contributed by atoms with E-state index in [1.165, 1.54) is 30.6 Å². The molecule has 0 aromatic heterocycles. The number of hydrogen-bond donors (Lipinski definition) is 1. The van der Waals surface area contributed by atoms with Gasteiger partial charge in [0.05, 0.1) is 6.61 Å². The lowest BCUT2D eigenvalue weighted by molar-refractivity contribution is 0.279. The van der Waals surface area contributed by atoms with Crippen LogP contribution in [-0.2, 0) is 6.61 Å². The van der Waals surface area contributed by atoms with Gasteiger partial charge < -0.3 is 5.11 Å². The van der Waals surface area contributed by atoms with E-state index in [9.17, 15) is 5.11 Å². The normalized spacial score (nSPS) is 17.2. The van der Waals surface area contributed by atoms with Crippen LogP contribution in [0.1, 0.15) is 31.2 Å². The van der Waals surface area contributed by atoms with Crippen molar-refractivity contribution in [1.29, 1.82) is 0 Å². The van der Waals surface area contributed by atoms with Crippen LogP contribution in [0.3, 0.4) is 0 Å². The first-order valence-electron chi connectivity index (χ1n) is 5.35. The van der Waals surface area contributed by atoms with Gasteiger partial charge in [-0.2, -0.15) is 0 Å². The molecule has 1 aromatic rings. The monoisotopic (exact) mass is 242 g/mol. The van der Waals surface area contributed by atoms with Crippen molar-refractivity contribution >= 4 is 23.4 Å². The lowest BCUT2D eigenvalue weighted by Crippen LogP contribution is -1.96. The number of aliphatic hydroxyl groups is 1. The predicted molar refractivity (Wildman–Crippen MR) is 65.5 cm³/mol. The van der Waals surface area contributed by atoms with Crippen molar-refractivity contribution in [3.05, 3.63) is 28.8 Å². The summed E-state index contributed by atoms with van der Waals surface area (Å²) in [6, 6.07) is 5.79. The minimum absolute atomic E-state index is 0.0790. The highest BCUT2D eigenvalue weighted by Gasteiger charge is 2.17. The molecule has 1 N–H and O–H groups in total. The van der Waals surface area contributed by atoms with E-state index in [1.807, 2.05) is 30.0 Å². The van der Waals surface area contributed by atoms with Gasteiger partial charge in [-0.3, -0.25) is 0 Å². The summed E-state index contributed by atoms with van der Waals surface area (Å²) in [5.41, 5.74) is 0.958. The van der Waals surface area contributed by atoms with E-state index in [-0.39, 0.29) is 6.61 Å². The van der Waals surface area contributed by atoms with Crippen LogP contribution >= 0.6 is 23.4 Å². The van der Waals surface area contributed by atoms with E-state index in [2.05, 4.69) is 0 Å². The Labute approximate surface area is 99.8 Å². The van der Waals surface area contributed by atoms with Gasteiger partial charge in [-0.1, -0.05) is 24.4 Å². The molecule has 1 aromatic carbocycles. The zero-order valence-corrected chi connectivity index (χ0v) is 10.2. The summed E-state index contributed by atoms with van der Waals surface area (Å²) in [6.07, 6.45) is 5.30. The van der Waals surface area contributed by atoms with Gasteiger partial charge in [-0.25, -0.2) is 0 Å². The molecule has 3 heteroatoms. The molecule has 15 heavy (non-hydrogen) atoms. The second kappa shape index (κ2) is 5.24. The first-order chi connectivity index (χ1) is 7.29. The standard InChI is InChI=1S/C12H15ClOS/c13-10-5-6-12(9(7-10)8-14)15-11-3-1-2-4-11/h5-7,11,14H,1-4,8H2. The van der Waals surface area contributed by atoms with E-state index in [4.69, 9.17) is 11.6 Å². The molecule has 0 radical (unpaired) electrons. The average molecular weight is 243 g/mol. The molecule has 1 nitrogen and oxygen atoms in total. The zero-order valence-electron chi connectivity index (χ0n) is 8.58. The largest absolute Gasteiger partial charge is 0.392 e. The molecule has 82 valence electrons. The van der Waals surface area contributed by atoms with Crippen LogP contribution in [0.4, 0.5) is 0 Å². The smallest absolute Gasteiger partial charge is 0.0693 e. The number of benzene rings is 1. The van der Waals surface area contributed by atoms with Crippen molar-refractivity contribution < 1.29 is 5.11 Å². The Morgan fingerprint density at radius 1 is 1.33 bits per heavy atom. The quantitative estimate of drug-likeness (QED) is 0.869. The minimum Gasteiger partial charge on any atom is -0.392 e. The highest BCUT2D eigenvalue weighted by molar-refractivity contribution is 8.00. The third-order valence-electron chi connectivity index (χ3n) is 2.79. The third-order valence-corrected chi connectivity index (χ3v) is 4.48. The molecule has 1 aliphatic carbocycles. The molecule has 0 amide bonds. The molecule has 1 fully saturated rings.